The van der Waals surface area contributed by atoms with Gasteiger partial charge in [-0.2, -0.15) is 0 Å². The minimum atomic E-state index is 0.281. The molecule has 0 aliphatic heterocycles. The SMILES string of the molecule is Cc1c(CNc2cccc(O)c2)n(C)c2ccccc12. The van der Waals surface area contributed by atoms with Crippen molar-refractivity contribution in [3.8, 4) is 5.75 Å². The molecule has 3 nitrogen and oxygen atoms in total. The van der Waals surface area contributed by atoms with Gasteiger partial charge in [0.15, 0.2) is 0 Å². The van der Waals surface area contributed by atoms with Crippen molar-refractivity contribution in [1.29, 1.82) is 0 Å². The van der Waals surface area contributed by atoms with Crippen molar-refractivity contribution in [2.75, 3.05) is 5.32 Å². The highest BCUT2D eigenvalue weighted by molar-refractivity contribution is 5.85. The van der Waals surface area contributed by atoms with Gasteiger partial charge in [-0.15, -0.1) is 0 Å². The number of para-hydroxylation sites is 1. The number of hydrogen-bond donors (Lipinski definition) is 2. The molecule has 3 aromatic rings. The van der Waals surface area contributed by atoms with Gasteiger partial charge in [-0.05, 0) is 30.7 Å². The maximum absolute atomic E-state index is 9.49. The van der Waals surface area contributed by atoms with Gasteiger partial charge in [-0.25, -0.2) is 0 Å². The van der Waals surface area contributed by atoms with E-state index in [2.05, 4.69) is 48.1 Å². The van der Waals surface area contributed by atoms with Crippen molar-refractivity contribution in [2.45, 2.75) is 13.5 Å². The molecule has 0 saturated heterocycles. The van der Waals surface area contributed by atoms with E-state index in [1.54, 1.807) is 12.1 Å². The zero-order valence-corrected chi connectivity index (χ0v) is 11.7. The molecular formula is C17H18N2O. The van der Waals surface area contributed by atoms with Gasteiger partial charge in [0.2, 0.25) is 0 Å². The van der Waals surface area contributed by atoms with Gasteiger partial charge in [-0.3, -0.25) is 0 Å². The maximum atomic E-state index is 9.49. The predicted octanol–water partition coefficient (Wildman–Crippen LogP) is 3.80. The summed E-state index contributed by atoms with van der Waals surface area (Å²) in [6, 6.07) is 15.6. The van der Waals surface area contributed by atoms with E-state index in [4.69, 9.17) is 0 Å². The zero-order valence-electron chi connectivity index (χ0n) is 11.7. The molecule has 1 aromatic heterocycles. The van der Waals surface area contributed by atoms with E-state index in [1.807, 2.05) is 12.1 Å². The van der Waals surface area contributed by atoms with Crippen molar-refractivity contribution < 1.29 is 5.11 Å². The first kappa shape index (κ1) is 12.6. The van der Waals surface area contributed by atoms with E-state index in [-0.39, 0.29) is 5.75 Å². The second-order valence-electron chi connectivity index (χ2n) is 5.05. The molecule has 3 rings (SSSR count). The lowest BCUT2D eigenvalue weighted by Gasteiger charge is -2.09. The summed E-state index contributed by atoms with van der Waals surface area (Å²) in [6.07, 6.45) is 0. The third kappa shape index (κ3) is 2.11. The first-order valence-electron chi connectivity index (χ1n) is 6.72. The zero-order chi connectivity index (χ0) is 14.1. The van der Waals surface area contributed by atoms with Crippen molar-refractivity contribution >= 4 is 16.6 Å². The molecule has 1 heterocycles. The molecule has 0 atom stereocenters. The third-order valence-electron chi connectivity index (χ3n) is 3.81. The highest BCUT2D eigenvalue weighted by Gasteiger charge is 2.10. The largest absolute Gasteiger partial charge is 0.508 e. The van der Waals surface area contributed by atoms with E-state index >= 15 is 0 Å². The molecule has 0 radical (unpaired) electrons. The molecule has 0 spiro atoms. The summed E-state index contributed by atoms with van der Waals surface area (Å²) >= 11 is 0. The first-order valence-corrected chi connectivity index (χ1v) is 6.72. The number of aromatic nitrogens is 1. The molecule has 0 fully saturated rings. The lowest BCUT2D eigenvalue weighted by atomic mass is 10.1. The molecule has 0 bridgehead atoms. The Kier molecular flexibility index (Phi) is 3.11. The second kappa shape index (κ2) is 4.93. The van der Waals surface area contributed by atoms with Crippen molar-refractivity contribution in [1.82, 2.24) is 4.57 Å². The van der Waals surface area contributed by atoms with Gasteiger partial charge in [-0.1, -0.05) is 24.3 Å². The number of rotatable bonds is 3. The van der Waals surface area contributed by atoms with Crippen LogP contribution in [0.1, 0.15) is 11.3 Å². The van der Waals surface area contributed by atoms with E-state index in [0.717, 1.165) is 12.2 Å². The van der Waals surface area contributed by atoms with Crippen LogP contribution in [0.25, 0.3) is 10.9 Å². The number of fused-ring (bicyclic) bond motifs is 1. The van der Waals surface area contributed by atoms with Crippen LogP contribution in [0.2, 0.25) is 0 Å². The number of phenolic OH excluding ortho intramolecular Hbond substituents is 1. The molecule has 0 saturated carbocycles. The minimum absolute atomic E-state index is 0.281. The Bertz CT molecular complexity index is 720. The van der Waals surface area contributed by atoms with Gasteiger partial charge in [0.1, 0.15) is 5.75 Å². The van der Waals surface area contributed by atoms with Crippen LogP contribution in [0.5, 0.6) is 5.75 Å². The average molecular weight is 266 g/mol. The number of anilines is 1. The summed E-state index contributed by atoms with van der Waals surface area (Å²) in [5.41, 5.74) is 4.73. The van der Waals surface area contributed by atoms with E-state index in [9.17, 15) is 5.11 Å². The van der Waals surface area contributed by atoms with Crippen molar-refractivity contribution in [2.24, 2.45) is 7.05 Å². The summed E-state index contributed by atoms with van der Waals surface area (Å²) < 4.78 is 2.22. The van der Waals surface area contributed by atoms with Crippen LogP contribution in [0.4, 0.5) is 5.69 Å². The standard InChI is InChI=1S/C17H18N2O/c1-12-15-8-3-4-9-16(15)19(2)17(12)11-18-13-6-5-7-14(20)10-13/h3-10,18,20H,11H2,1-2H3. The molecule has 0 unspecified atom stereocenters. The number of aromatic hydroxyl groups is 1. The molecule has 0 amide bonds. The topological polar surface area (TPSA) is 37.2 Å². The average Bonchev–Trinajstić information content (AvgIpc) is 2.70. The Morgan fingerprint density at radius 3 is 2.65 bits per heavy atom. The molecular weight excluding hydrogens is 248 g/mol. The summed E-state index contributed by atoms with van der Waals surface area (Å²) in [5, 5.41) is 14.1. The lowest BCUT2D eigenvalue weighted by Crippen LogP contribution is -2.05. The number of aryl methyl sites for hydroxylation is 2. The van der Waals surface area contributed by atoms with E-state index in [1.165, 1.54) is 22.2 Å². The normalized spacial score (nSPS) is 10.9. The van der Waals surface area contributed by atoms with Crippen LogP contribution < -0.4 is 5.32 Å². The maximum Gasteiger partial charge on any atom is 0.117 e. The highest BCUT2D eigenvalue weighted by Crippen LogP contribution is 2.25. The number of phenols is 1. The smallest absolute Gasteiger partial charge is 0.117 e. The highest BCUT2D eigenvalue weighted by atomic mass is 16.3. The summed E-state index contributed by atoms with van der Waals surface area (Å²) in [7, 11) is 2.09. The quantitative estimate of drug-likeness (QED) is 0.756. The van der Waals surface area contributed by atoms with Crippen LogP contribution in [-0.2, 0) is 13.6 Å². The summed E-state index contributed by atoms with van der Waals surface area (Å²) in [4.78, 5) is 0. The van der Waals surface area contributed by atoms with Crippen molar-refractivity contribution in [3.63, 3.8) is 0 Å². The molecule has 0 aliphatic carbocycles. The molecule has 20 heavy (non-hydrogen) atoms. The fourth-order valence-corrected chi connectivity index (χ4v) is 2.69. The molecule has 2 N–H and O–H groups in total. The second-order valence-corrected chi connectivity index (χ2v) is 5.05. The monoisotopic (exact) mass is 266 g/mol. The Labute approximate surface area is 118 Å². The van der Waals surface area contributed by atoms with Crippen LogP contribution in [0.15, 0.2) is 48.5 Å². The fourth-order valence-electron chi connectivity index (χ4n) is 2.69. The predicted molar refractivity (Wildman–Crippen MR) is 83.1 cm³/mol. The van der Waals surface area contributed by atoms with E-state index < -0.39 is 0 Å². The van der Waals surface area contributed by atoms with Gasteiger partial charge in [0.05, 0.1) is 6.54 Å². The Morgan fingerprint density at radius 2 is 1.90 bits per heavy atom. The van der Waals surface area contributed by atoms with Gasteiger partial charge in [0, 0.05) is 35.4 Å². The molecule has 102 valence electrons. The Morgan fingerprint density at radius 1 is 1.10 bits per heavy atom. The summed E-state index contributed by atoms with van der Waals surface area (Å²) in [6.45, 7) is 2.89. The van der Waals surface area contributed by atoms with Crippen LogP contribution in [-0.4, -0.2) is 9.67 Å². The summed E-state index contributed by atoms with van der Waals surface area (Å²) in [5.74, 6) is 0.281. The lowest BCUT2D eigenvalue weighted by molar-refractivity contribution is 0.475. The Balaban J connectivity index is 1.91. The Hall–Kier alpha value is -2.42. The fraction of sp³-hybridized carbons (Fsp3) is 0.176. The van der Waals surface area contributed by atoms with Gasteiger partial charge >= 0.3 is 0 Å². The van der Waals surface area contributed by atoms with Gasteiger partial charge < -0.3 is 15.0 Å². The third-order valence-corrected chi connectivity index (χ3v) is 3.81. The van der Waals surface area contributed by atoms with Crippen LogP contribution in [0, 0.1) is 6.92 Å². The molecule has 0 aliphatic rings. The van der Waals surface area contributed by atoms with Crippen LogP contribution >= 0.6 is 0 Å². The van der Waals surface area contributed by atoms with E-state index in [0.29, 0.717) is 0 Å². The number of hydrogen-bond acceptors (Lipinski definition) is 2. The number of nitrogens with zero attached hydrogens (tertiary/aromatic N) is 1. The minimum Gasteiger partial charge on any atom is -0.508 e. The number of benzene rings is 2. The van der Waals surface area contributed by atoms with Crippen LogP contribution in [0.3, 0.4) is 0 Å². The molecule has 3 heteroatoms. The first-order chi connectivity index (χ1) is 9.66. The molecule has 2 aromatic carbocycles. The number of nitrogens with one attached hydrogen (secondary N) is 1. The van der Waals surface area contributed by atoms with Gasteiger partial charge in [0.25, 0.3) is 0 Å². The van der Waals surface area contributed by atoms with Crippen molar-refractivity contribution in [3.05, 3.63) is 59.8 Å².